The monoisotopic (exact) mass is 249 g/mol. The summed E-state index contributed by atoms with van der Waals surface area (Å²) in [6.07, 6.45) is 0. The normalized spacial score (nSPS) is 24.4. The van der Waals surface area contributed by atoms with E-state index in [0.717, 1.165) is 5.56 Å². The van der Waals surface area contributed by atoms with Crippen molar-refractivity contribution in [3.8, 4) is 0 Å². The van der Waals surface area contributed by atoms with E-state index in [1.807, 2.05) is 38.1 Å². The summed E-state index contributed by atoms with van der Waals surface area (Å²) >= 11 is 0. The van der Waals surface area contributed by atoms with E-state index in [2.05, 4.69) is 0 Å². The number of ether oxygens (including phenoxy) is 1. The smallest absolute Gasteiger partial charge is 0.249 e. The molecule has 1 N–H and O–H groups in total. The number of amides is 1. The molecule has 0 bridgehead atoms. The third-order valence-corrected chi connectivity index (χ3v) is 3.25. The van der Waals surface area contributed by atoms with Crippen molar-refractivity contribution >= 4 is 5.91 Å². The molecule has 1 atom stereocenters. The van der Waals surface area contributed by atoms with Crippen LogP contribution in [0.1, 0.15) is 18.1 Å². The molecule has 18 heavy (non-hydrogen) atoms. The fourth-order valence-corrected chi connectivity index (χ4v) is 2.02. The Labute approximate surface area is 107 Å². The molecule has 0 radical (unpaired) electrons. The zero-order valence-electron chi connectivity index (χ0n) is 10.8. The van der Waals surface area contributed by atoms with Crippen molar-refractivity contribution in [1.29, 1.82) is 0 Å². The lowest BCUT2D eigenvalue weighted by Crippen LogP contribution is -2.54. The number of benzene rings is 1. The summed E-state index contributed by atoms with van der Waals surface area (Å²) < 4.78 is 5.37. The Morgan fingerprint density at radius 3 is 2.67 bits per heavy atom. The van der Waals surface area contributed by atoms with Gasteiger partial charge in [-0.1, -0.05) is 29.8 Å². The van der Waals surface area contributed by atoms with Crippen LogP contribution in [0.4, 0.5) is 0 Å². The van der Waals surface area contributed by atoms with Crippen molar-refractivity contribution in [3.63, 3.8) is 0 Å². The minimum absolute atomic E-state index is 0.0264. The van der Waals surface area contributed by atoms with Crippen LogP contribution in [0, 0.1) is 6.92 Å². The maximum atomic E-state index is 11.8. The maximum Gasteiger partial charge on any atom is 0.249 e. The van der Waals surface area contributed by atoms with Gasteiger partial charge in [-0.15, -0.1) is 0 Å². The summed E-state index contributed by atoms with van der Waals surface area (Å²) in [5.74, 6) is -0.0264. The summed E-state index contributed by atoms with van der Waals surface area (Å²) in [5.41, 5.74) is 1.65. The fraction of sp³-hybridized carbons (Fsp3) is 0.500. The topological polar surface area (TPSA) is 49.8 Å². The molecule has 2 rings (SSSR count). The summed E-state index contributed by atoms with van der Waals surface area (Å²) in [6.45, 7) is 4.82. The van der Waals surface area contributed by atoms with E-state index in [-0.39, 0.29) is 19.1 Å². The van der Waals surface area contributed by atoms with Crippen LogP contribution >= 0.6 is 0 Å². The number of aliphatic hydroxyl groups excluding tert-OH is 1. The van der Waals surface area contributed by atoms with E-state index in [1.54, 1.807) is 4.90 Å². The number of hydrogen-bond donors (Lipinski definition) is 1. The maximum absolute atomic E-state index is 11.8. The number of morpholine rings is 1. The van der Waals surface area contributed by atoms with E-state index in [0.29, 0.717) is 13.1 Å². The number of carbonyl (C=O) groups excluding carboxylic acids is 1. The molecular weight excluding hydrogens is 230 g/mol. The van der Waals surface area contributed by atoms with Crippen molar-refractivity contribution in [3.05, 3.63) is 35.4 Å². The van der Waals surface area contributed by atoms with Gasteiger partial charge in [0.1, 0.15) is 12.2 Å². The van der Waals surface area contributed by atoms with Crippen molar-refractivity contribution in [2.45, 2.75) is 26.0 Å². The van der Waals surface area contributed by atoms with Crippen molar-refractivity contribution in [2.24, 2.45) is 0 Å². The van der Waals surface area contributed by atoms with Crippen molar-refractivity contribution in [2.75, 3.05) is 19.8 Å². The van der Waals surface area contributed by atoms with E-state index >= 15 is 0 Å². The highest BCUT2D eigenvalue weighted by Gasteiger charge is 2.35. The van der Waals surface area contributed by atoms with Gasteiger partial charge in [0, 0.05) is 6.54 Å². The highest BCUT2D eigenvalue weighted by Crippen LogP contribution is 2.19. The van der Waals surface area contributed by atoms with Gasteiger partial charge in [-0.05, 0) is 19.4 Å². The average Bonchev–Trinajstić information content (AvgIpc) is 2.37. The second kappa shape index (κ2) is 5.08. The molecule has 0 aliphatic carbocycles. The number of carbonyl (C=O) groups is 1. The molecule has 1 saturated heterocycles. The Balaban J connectivity index is 2.07. The quantitative estimate of drug-likeness (QED) is 0.873. The fourth-order valence-electron chi connectivity index (χ4n) is 2.02. The minimum Gasteiger partial charge on any atom is -0.393 e. The van der Waals surface area contributed by atoms with Gasteiger partial charge in [-0.3, -0.25) is 4.79 Å². The molecule has 0 aromatic heterocycles. The minimum atomic E-state index is -0.640. The van der Waals surface area contributed by atoms with Gasteiger partial charge in [0.05, 0.1) is 13.2 Å². The number of nitrogens with zero attached hydrogens (tertiary/aromatic N) is 1. The van der Waals surface area contributed by atoms with Crippen molar-refractivity contribution < 1.29 is 14.6 Å². The first kappa shape index (κ1) is 13.1. The molecule has 1 aliphatic heterocycles. The van der Waals surface area contributed by atoms with Gasteiger partial charge in [0.15, 0.2) is 0 Å². The first-order valence-corrected chi connectivity index (χ1v) is 6.10. The van der Waals surface area contributed by atoms with Crippen LogP contribution in [0.3, 0.4) is 0 Å². The van der Waals surface area contributed by atoms with E-state index in [4.69, 9.17) is 4.74 Å². The number of hydrogen-bond acceptors (Lipinski definition) is 3. The largest absolute Gasteiger partial charge is 0.393 e. The molecule has 1 aromatic carbocycles. The van der Waals surface area contributed by atoms with Crippen LogP contribution in [0.25, 0.3) is 0 Å². The third-order valence-electron chi connectivity index (χ3n) is 3.25. The Bertz CT molecular complexity index is 429. The standard InChI is InChI=1S/C14H19NO3/c1-11-3-5-12(6-4-11)7-15-9-14(2,10-16)18-8-13(15)17/h3-6,16H,7-10H2,1-2H3. The first-order chi connectivity index (χ1) is 8.52. The summed E-state index contributed by atoms with van der Waals surface area (Å²) in [6, 6.07) is 8.11. The summed E-state index contributed by atoms with van der Waals surface area (Å²) in [4.78, 5) is 13.5. The van der Waals surface area contributed by atoms with E-state index in [9.17, 15) is 9.90 Å². The molecule has 4 nitrogen and oxygen atoms in total. The number of aliphatic hydroxyl groups is 1. The van der Waals surface area contributed by atoms with Crippen LogP contribution in [0.5, 0.6) is 0 Å². The van der Waals surface area contributed by atoms with E-state index < -0.39 is 5.60 Å². The van der Waals surface area contributed by atoms with Crippen LogP contribution < -0.4 is 0 Å². The Kier molecular flexibility index (Phi) is 3.68. The van der Waals surface area contributed by atoms with Crippen LogP contribution in [-0.2, 0) is 16.1 Å². The SMILES string of the molecule is Cc1ccc(CN2CC(C)(CO)OCC2=O)cc1. The summed E-state index contributed by atoms with van der Waals surface area (Å²) in [7, 11) is 0. The molecule has 0 saturated carbocycles. The van der Waals surface area contributed by atoms with Crippen LogP contribution in [-0.4, -0.2) is 41.3 Å². The molecule has 1 aromatic rings. The Morgan fingerprint density at radius 1 is 1.39 bits per heavy atom. The van der Waals surface area contributed by atoms with Gasteiger partial charge >= 0.3 is 0 Å². The number of aryl methyl sites for hydroxylation is 1. The Hall–Kier alpha value is -1.39. The highest BCUT2D eigenvalue weighted by atomic mass is 16.5. The molecule has 1 fully saturated rings. The molecule has 0 spiro atoms. The lowest BCUT2D eigenvalue weighted by molar-refractivity contribution is -0.167. The Morgan fingerprint density at radius 2 is 2.06 bits per heavy atom. The molecule has 1 aliphatic rings. The second-order valence-corrected chi connectivity index (χ2v) is 5.13. The van der Waals surface area contributed by atoms with Gasteiger partial charge < -0.3 is 14.7 Å². The van der Waals surface area contributed by atoms with Gasteiger partial charge in [-0.2, -0.15) is 0 Å². The zero-order valence-corrected chi connectivity index (χ0v) is 10.8. The van der Waals surface area contributed by atoms with E-state index in [1.165, 1.54) is 5.56 Å². The van der Waals surface area contributed by atoms with Crippen molar-refractivity contribution in [1.82, 2.24) is 4.90 Å². The predicted molar refractivity (Wildman–Crippen MR) is 68.0 cm³/mol. The first-order valence-electron chi connectivity index (χ1n) is 6.10. The lowest BCUT2D eigenvalue weighted by atomic mass is 10.0. The number of rotatable bonds is 3. The molecule has 1 unspecified atom stereocenters. The highest BCUT2D eigenvalue weighted by molar-refractivity contribution is 5.78. The molecular formula is C14H19NO3. The van der Waals surface area contributed by atoms with Crippen LogP contribution in [0.15, 0.2) is 24.3 Å². The average molecular weight is 249 g/mol. The zero-order chi connectivity index (χ0) is 13.2. The van der Waals surface area contributed by atoms with Gasteiger partial charge in [0.25, 0.3) is 0 Å². The van der Waals surface area contributed by atoms with Gasteiger partial charge in [0.2, 0.25) is 5.91 Å². The lowest BCUT2D eigenvalue weighted by Gasteiger charge is -2.39. The molecule has 4 heteroatoms. The predicted octanol–water partition coefficient (Wildman–Crippen LogP) is 1.10. The van der Waals surface area contributed by atoms with Crippen LogP contribution in [0.2, 0.25) is 0 Å². The molecule has 1 amide bonds. The van der Waals surface area contributed by atoms with Gasteiger partial charge in [-0.25, -0.2) is 0 Å². The molecule has 98 valence electrons. The third kappa shape index (κ3) is 2.89. The second-order valence-electron chi connectivity index (χ2n) is 5.13. The summed E-state index contributed by atoms with van der Waals surface area (Å²) in [5, 5.41) is 9.29. The molecule has 1 heterocycles.